The molecular formula is C18H19N3O6. The van der Waals surface area contributed by atoms with Crippen LogP contribution in [0.15, 0.2) is 29.4 Å². The van der Waals surface area contributed by atoms with Gasteiger partial charge < -0.3 is 9.47 Å². The molecule has 3 amide bonds. The highest BCUT2D eigenvalue weighted by molar-refractivity contribution is 6.39. The molecule has 0 aliphatic carbocycles. The second-order valence-electron chi connectivity index (χ2n) is 6.22. The molecule has 1 aromatic carbocycles. The first-order valence-electron chi connectivity index (χ1n) is 8.41. The Morgan fingerprint density at radius 1 is 1.26 bits per heavy atom. The van der Waals surface area contributed by atoms with Crippen LogP contribution in [0.4, 0.5) is 5.69 Å². The second-order valence-corrected chi connectivity index (χ2v) is 6.22. The molecule has 27 heavy (non-hydrogen) atoms. The number of nitrogens with zero attached hydrogens (tertiary/aromatic N) is 3. The third-order valence-corrected chi connectivity index (χ3v) is 4.50. The first-order valence-corrected chi connectivity index (χ1v) is 8.41. The highest BCUT2D eigenvalue weighted by Gasteiger charge is 2.61. The van der Waals surface area contributed by atoms with Crippen LogP contribution in [0.1, 0.15) is 26.7 Å². The first kappa shape index (κ1) is 18.6. The van der Waals surface area contributed by atoms with E-state index < -0.39 is 29.2 Å². The van der Waals surface area contributed by atoms with Crippen molar-refractivity contribution in [2.75, 3.05) is 18.6 Å². The van der Waals surface area contributed by atoms with Crippen molar-refractivity contribution in [3.63, 3.8) is 0 Å². The Morgan fingerprint density at radius 3 is 2.63 bits per heavy atom. The maximum atomic E-state index is 13.2. The molecule has 9 heteroatoms. The fourth-order valence-electron chi connectivity index (χ4n) is 3.34. The van der Waals surface area contributed by atoms with Gasteiger partial charge in [0.2, 0.25) is 11.8 Å². The molecule has 142 valence electrons. The molecule has 0 unspecified atom stereocenters. The lowest BCUT2D eigenvalue weighted by molar-refractivity contribution is -0.141. The van der Waals surface area contributed by atoms with E-state index in [-0.39, 0.29) is 25.2 Å². The third-order valence-electron chi connectivity index (χ3n) is 4.50. The lowest BCUT2D eigenvalue weighted by Gasteiger charge is -2.28. The standard InChI is InChI=1S/C18H19N3O6/c1-4-27-16(24)14-9-18(21(19-14)11(2)22)10-15(23)20(17(18)25)12-6-5-7-13(8-12)26-3/h5-8H,4,9-10H2,1-3H3/t18-/m1/s1. The number of hydrazone groups is 1. The van der Waals surface area contributed by atoms with E-state index in [1.807, 2.05) is 0 Å². The number of anilines is 1. The summed E-state index contributed by atoms with van der Waals surface area (Å²) in [5.41, 5.74) is -1.27. The molecule has 9 nitrogen and oxygen atoms in total. The van der Waals surface area contributed by atoms with Gasteiger partial charge in [-0.1, -0.05) is 6.07 Å². The second kappa shape index (κ2) is 6.82. The lowest BCUT2D eigenvalue weighted by atomic mass is 9.91. The number of carbonyl (C=O) groups is 4. The Bertz CT molecular complexity index is 864. The van der Waals surface area contributed by atoms with Crippen molar-refractivity contribution in [3.05, 3.63) is 24.3 Å². The SMILES string of the molecule is CCOC(=O)C1=NN(C(C)=O)[C@@]2(CC(=O)N(c3cccc(OC)c3)C2=O)C1. The predicted molar refractivity (Wildman–Crippen MR) is 94.0 cm³/mol. The Hall–Kier alpha value is -3.23. The smallest absolute Gasteiger partial charge is 0.354 e. The average molecular weight is 373 g/mol. The molecule has 1 aromatic rings. The highest BCUT2D eigenvalue weighted by atomic mass is 16.5. The number of imide groups is 1. The number of hydrogen-bond acceptors (Lipinski definition) is 7. The summed E-state index contributed by atoms with van der Waals surface area (Å²) >= 11 is 0. The Labute approximate surface area is 155 Å². The molecule has 1 fully saturated rings. The minimum absolute atomic E-state index is 0.0549. The van der Waals surface area contributed by atoms with E-state index in [0.29, 0.717) is 11.4 Å². The molecular weight excluding hydrogens is 354 g/mol. The fourth-order valence-corrected chi connectivity index (χ4v) is 3.34. The van der Waals surface area contributed by atoms with E-state index >= 15 is 0 Å². The molecule has 0 bridgehead atoms. The van der Waals surface area contributed by atoms with E-state index in [1.54, 1.807) is 31.2 Å². The molecule has 2 aliphatic heterocycles. The van der Waals surface area contributed by atoms with E-state index in [2.05, 4.69) is 5.10 Å². The van der Waals surface area contributed by atoms with Crippen LogP contribution >= 0.6 is 0 Å². The van der Waals surface area contributed by atoms with E-state index in [4.69, 9.17) is 9.47 Å². The monoisotopic (exact) mass is 373 g/mol. The van der Waals surface area contributed by atoms with Crippen molar-refractivity contribution in [2.24, 2.45) is 5.10 Å². The molecule has 1 atom stereocenters. The summed E-state index contributed by atoms with van der Waals surface area (Å²) in [5.74, 6) is -1.87. The van der Waals surface area contributed by atoms with Crippen LogP contribution in [-0.2, 0) is 23.9 Å². The minimum atomic E-state index is -1.55. The maximum Gasteiger partial charge on any atom is 0.354 e. The number of hydrogen-bond donors (Lipinski definition) is 0. The number of amides is 3. The van der Waals surface area contributed by atoms with Crippen LogP contribution in [0.2, 0.25) is 0 Å². The van der Waals surface area contributed by atoms with Gasteiger partial charge >= 0.3 is 5.97 Å². The van der Waals surface area contributed by atoms with Crippen LogP contribution < -0.4 is 9.64 Å². The van der Waals surface area contributed by atoms with Gasteiger partial charge in [-0.05, 0) is 19.1 Å². The Balaban J connectivity index is 1.99. The summed E-state index contributed by atoms with van der Waals surface area (Å²) in [6.07, 6.45) is -0.439. The van der Waals surface area contributed by atoms with Crippen molar-refractivity contribution >= 4 is 35.1 Å². The van der Waals surface area contributed by atoms with Crippen molar-refractivity contribution in [1.82, 2.24) is 5.01 Å². The number of rotatable bonds is 4. The zero-order valence-electron chi connectivity index (χ0n) is 15.2. The van der Waals surface area contributed by atoms with Gasteiger partial charge in [-0.15, -0.1) is 0 Å². The average Bonchev–Trinajstić information content (AvgIpc) is 3.14. The maximum absolute atomic E-state index is 13.2. The normalized spacial score (nSPS) is 21.7. The molecule has 0 radical (unpaired) electrons. The zero-order chi connectivity index (χ0) is 19.8. The third kappa shape index (κ3) is 2.94. The van der Waals surface area contributed by atoms with Crippen molar-refractivity contribution in [2.45, 2.75) is 32.2 Å². The number of methoxy groups -OCH3 is 1. The largest absolute Gasteiger partial charge is 0.497 e. The summed E-state index contributed by atoms with van der Waals surface area (Å²) < 4.78 is 10.1. The topological polar surface area (TPSA) is 106 Å². The van der Waals surface area contributed by atoms with Crippen LogP contribution in [-0.4, -0.2) is 53.7 Å². The summed E-state index contributed by atoms with van der Waals surface area (Å²) in [6.45, 7) is 3.00. The van der Waals surface area contributed by atoms with E-state index in [9.17, 15) is 19.2 Å². The van der Waals surface area contributed by atoms with Gasteiger partial charge in [0.05, 0.1) is 25.8 Å². The minimum Gasteiger partial charge on any atom is -0.497 e. The van der Waals surface area contributed by atoms with Gasteiger partial charge in [0, 0.05) is 19.4 Å². The summed E-state index contributed by atoms with van der Waals surface area (Å²) in [5, 5.41) is 4.92. The van der Waals surface area contributed by atoms with Gasteiger partial charge in [-0.25, -0.2) is 14.7 Å². The zero-order valence-corrected chi connectivity index (χ0v) is 15.2. The number of carbonyl (C=O) groups excluding carboxylic acids is 4. The van der Waals surface area contributed by atoms with Crippen LogP contribution in [0.3, 0.4) is 0 Å². The van der Waals surface area contributed by atoms with Gasteiger partial charge in [0.15, 0.2) is 5.54 Å². The van der Waals surface area contributed by atoms with Gasteiger partial charge in [0.25, 0.3) is 5.91 Å². The summed E-state index contributed by atoms with van der Waals surface area (Å²) in [7, 11) is 1.47. The fraction of sp³-hybridized carbons (Fsp3) is 0.389. The van der Waals surface area contributed by atoms with E-state index in [0.717, 1.165) is 9.91 Å². The van der Waals surface area contributed by atoms with Crippen molar-refractivity contribution < 1.29 is 28.7 Å². The highest BCUT2D eigenvalue weighted by Crippen LogP contribution is 2.41. The number of benzene rings is 1. The lowest BCUT2D eigenvalue weighted by Crippen LogP contribution is -2.51. The quantitative estimate of drug-likeness (QED) is 0.573. The van der Waals surface area contributed by atoms with Crippen LogP contribution in [0, 0.1) is 0 Å². The molecule has 0 saturated carbocycles. The Morgan fingerprint density at radius 2 is 2.00 bits per heavy atom. The first-order chi connectivity index (χ1) is 12.8. The predicted octanol–water partition coefficient (Wildman–Crippen LogP) is 0.869. The van der Waals surface area contributed by atoms with Gasteiger partial charge in [-0.3, -0.25) is 14.4 Å². The molecule has 2 heterocycles. The van der Waals surface area contributed by atoms with Crippen LogP contribution in [0.25, 0.3) is 0 Å². The number of ether oxygens (including phenoxy) is 2. The molecule has 1 spiro atoms. The van der Waals surface area contributed by atoms with Gasteiger partial charge in [-0.2, -0.15) is 5.10 Å². The summed E-state index contributed by atoms with van der Waals surface area (Å²) in [4.78, 5) is 51.1. The number of esters is 1. The van der Waals surface area contributed by atoms with Crippen molar-refractivity contribution in [1.29, 1.82) is 0 Å². The molecule has 3 rings (SSSR count). The van der Waals surface area contributed by atoms with E-state index in [1.165, 1.54) is 14.0 Å². The summed E-state index contributed by atoms with van der Waals surface area (Å²) in [6, 6.07) is 6.48. The van der Waals surface area contributed by atoms with Crippen molar-refractivity contribution in [3.8, 4) is 5.75 Å². The molecule has 0 N–H and O–H groups in total. The molecule has 2 aliphatic rings. The molecule has 1 saturated heterocycles. The Kier molecular flexibility index (Phi) is 4.69. The molecule has 0 aromatic heterocycles. The van der Waals surface area contributed by atoms with Gasteiger partial charge in [0.1, 0.15) is 11.5 Å². The van der Waals surface area contributed by atoms with Crippen LogP contribution in [0.5, 0.6) is 5.75 Å².